The predicted molar refractivity (Wildman–Crippen MR) is 80.9 cm³/mol. The van der Waals surface area contributed by atoms with Crippen LogP contribution in [0.4, 0.5) is 0 Å². The van der Waals surface area contributed by atoms with Gasteiger partial charge in [-0.05, 0) is 46.0 Å². The van der Waals surface area contributed by atoms with Gasteiger partial charge in [0.15, 0.2) is 6.29 Å². The number of ether oxygens (including phenoxy) is 3. The van der Waals surface area contributed by atoms with E-state index in [4.69, 9.17) is 24.4 Å². The van der Waals surface area contributed by atoms with Gasteiger partial charge in [0, 0.05) is 5.92 Å². The van der Waals surface area contributed by atoms with E-state index in [0.717, 1.165) is 32.1 Å². The lowest BCUT2D eigenvalue weighted by molar-refractivity contribution is -0.160. The van der Waals surface area contributed by atoms with Crippen molar-refractivity contribution in [2.24, 2.45) is 11.3 Å². The van der Waals surface area contributed by atoms with Crippen molar-refractivity contribution in [3.63, 3.8) is 0 Å². The van der Waals surface area contributed by atoms with Gasteiger partial charge in [0.1, 0.15) is 13.4 Å². The first-order valence-electron chi connectivity index (χ1n) is 8.09. The highest BCUT2D eigenvalue weighted by Gasteiger charge is 2.27. The Hall–Kier alpha value is -0.690. The molecule has 0 unspecified atom stereocenters. The summed E-state index contributed by atoms with van der Waals surface area (Å²) in [6, 6.07) is 0. The summed E-state index contributed by atoms with van der Waals surface area (Å²) >= 11 is 0. The summed E-state index contributed by atoms with van der Waals surface area (Å²) in [6.07, 6.45) is 2.76. The van der Waals surface area contributed by atoms with Crippen LogP contribution >= 0.6 is 0 Å². The first-order chi connectivity index (χ1) is 10.4. The molecular formula is C16H30O6. The SMILES string of the molecule is CCC(C)(C)C(=O)OCCOCOC1CCC(C(O)O)CC1. The molecule has 0 aromatic rings. The van der Waals surface area contributed by atoms with Gasteiger partial charge in [-0.2, -0.15) is 0 Å². The number of aliphatic hydroxyl groups is 2. The Balaban J connectivity index is 2.02. The lowest BCUT2D eigenvalue weighted by Crippen LogP contribution is -2.29. The van der Waals surface area contributed by atoms with E-state index in [9.17, 15) is 4.79 Å². The Morgan fingerprint density at radius 3 is 2.36 bits per heavy atom. The van der Waals surface area contributed by atoms with E-state index in [1.165, 1.54) is 0 Å². The van der Waals surface area contributed by atoms with Gasteiger partial charge >= 0.3 is 5.97 Å². The lowest BCUT2D eigenvalue weighted by Gasteiger charge is -2.29. The first-order valence-corrected chi connectivity index (χ1v) is 8.09. The number of hydrogen-bond donors (Lipinski definition) is 2. The third-order valence-corrected chi connectivity index (χ3v) is 4.42. The van der Waals surface area contributed by atoms with E-state index in [0.29, 0.717) is 6.61 Å². The molecule has 0 aromatic carbocycles. The highest BCUT2D eigenvalue weighted by molar-refractivity contribution is 5.75. The fraction of sp³-hybridized carbons (Fsp3) is 0.938. The number of rotatable bonds is 9. The van der Waals surface area contributed by atoms with Crippen molar-refractivity contribution in [2.75, 3.05) is 20.0 Å². The molecule has 0 amide bonds. The van der Waals surface area contributed by atoms with Crippen molar-refractivity contribution < 1.29 is 29.2 Å². The van der Waals surface area contributed by atoms with Crippen LogP contribution in [0.2, 0.25) is 0 Å². The van der Waals surface area contributed by atoms with Gasteiger partial charge in [-0.3, -0.25) is 4.79 Å². The molecule has 1 aliphatic carbocycles. The molecule has 6 nitrogen and oxygen atoms in total. The van der Waals surface area contributed by atoms with Gasteiger partial charge in [0.05, 0.1) is 18.1 Å². The summed E-state index contributed by atoms with van der Waals surface area (Å²) in [4.78, 5) is 11.7. The molecule has 6 heteroatoms. The topological polar surface area (TPSA) is 85.2 Å². The largest absolute Gasteiger partial charge is 0.463 e. The molecule has 0 bridgehead atoms. The highest BCUT2D eigenvalue weighted by atomic mass is 16.7. The molecule has 1 fully saturated rings. The van der Waals surface area contributed by atoms with Gasteiger partial charge in [0.25, 0.3) is 0 Å². The van der Waals surface area contributed by atoms with E-state index in [2.05, 4.69) is 0 Å². The highest BCUT2D eigenvalue weighted by Crippen LogP contribution is 2.27. The molecule has 22 heavy (non-hydrogen) atoms. The molecule has 0 heterocycles. The minimum atomic E-state index is -1.22. The second-order valence-electron chi connectivity index (χ2n) is 6.52. The molecule has 0 spiro atoms. The van der Waals surface area contributed by atoms with Crippen molar-refractivity contribution in [1.82, 2.24) is 0 Å². The summed E-state index contributed by atoms with van der Waals surface area (Å²) < 4.78 is 16.0. The average molecular weight is 318 g/mol. The number of carbonyl (C=O) groups is 1. The first kappa shape index (κ1) is 19.4. The van der Waals surface area contributed by atoms with Crippen LogP contribution in [0, 0.1) is 11.3 Å². The standard InChI is InChI=1S/C16H30O6/c1-4-16(2,3)15(19)21-10-9-20-11-22-13-7-5-12(6-8-13)14(17)18/h12-14,17-18H,4-11H2,1-3H3. The number of aliphatic hydroxyl groups excluding tert-OH is 1. The fourth-order valence-corrected chi connectivity index (χ4v) is 2.29. The average Bonchev–Trinajstić information content (AvgIpc) is 2.50. The minimum Gasteiger partial charge on any atom is -0.463 e. The van der Waals surface area contributed by atoms with Crippen molar-refractivity contribution in [1.29, 1.82) is 0 Å². The third kappa shape index (κ3) is 6.60. The number of esters is 1. The quantitative estimate of drug-likeness (QED) is 0.383. The molecule has 1 saturated carbocycles. The molecule has 0 saturated heterocycles. The van der Waals surface area contributed by atoms with Crippen LogP contribution in [0.1, 0.15) is 52.9 Å². The maximum atomic E-state index is 11.7. The summed E-state index contributed by atoms with van der Waals surface area (Å²) in [5, 5.41) is 18.2. The summed E-state index contributed by atoms with van der Waals surface area (Å²) in [5.41, 5.74) is -0.452. The Kier molecular flexibility index (Phi) is 8.31. The number of hydrogen-bond acceptors (Lipinski definition) is 6. The van der Waals surface area contributed by atoms with Crippen molar-refractivity contribution in [3.05, 3.63) is 0 Å². The van der Waals surface area contributed by atoms with Gasteiger partial charge < -0.3 is 24.4 Å². The number of carbonyl (C=O) groups excluding carboxylic acids is 1. The molecular weight excluding hydrogens is 288 g/mol. The van der Waals surface area contributed by atoms with Gasteiger partial charge in [-0.25, -0.2) is 0 Å². The molecule has 0 aliphatic heterocycles. The zero-order valence-electron chi connectivity index (χ0n) is 13.9. The predicted octanol–water partition coefficient (Wildman–Crippen LogP) is 1.83. The smallest absolute Gasteiger partial charge is 0.311 e. The zero-order valence-corrected chi connectivity index (χ0v) is 13.9. The summed E-state index contributed by atoms with van der Waals surface area (Å²) in [6.45, 7) is 6.39. The van der Waals surface area contributed by atoms with Crippen LogP contribution in [0.15, 0.2) is 0 Å². The molecule has 1 aliphatic rings. The molecule has 1 rings (SSSR count). The maximum absolute atomic E-state index is 11.7. The van der Waals surface area contributed by atoms with E-state index in [1.807, 2.05) is 20.8 Å². The van der Waals surface area contributed by atoms with E-state index in [1.54, 1.807) is 0 Å². The Bertz CT molecular complexity index is 321. The van der Waals surface area contributed by atoms with Crippen LogP contribution in [-0.4, -0.2) is 48.6 Å². The Morgan fingerprint density at radius 1 is 1.18 bits per heavy atom. The zero-order chi connectivity index (χ0) is 16.6. The summed E-state index contributed by atoms with van der Waals surface area (Å²) in [5.74, 6) is -0.248. The van der Waals surface area contributed by atoms with Crippen molar-refractivity contribution in [2.45, 2.75) is 65.3 Å². The molecule has 0 radical (unpaired) electrons. The van der Waals surface area contributed by atoms with E-state index < -0.39 is 11.7 Å². The van der Waals surface area contributed by atoms with E-state index in [-0.39, 0.29) is 31.4 Å². The van der Waals surface area contributed by atoms with Crippen LogP contribution in [-0.2, 0) is 19.0 Å². The van der Waals surface area contributed by atoms with Crippen molar-refractivity contribution >= 4 is 5.97 Å². The second kappa shape index (κ2) is 9.45. The lowest BCUT2D eigenvalue weighted by atomic mass is 9.87. The molecule has 130 valence electrons. The minimum absolute atomic E-state index is 0.0397. The van der Waals surface area contributed by atoms with Gasteiger partial charge in [-0.1, -0.05) is 6.92 Å². The van der Waals surface area contributed by atoms with Gasteiger partial charge in [-0.15, -0.1) is 0 Å². The Labute approximate surface area is 132 Å². The second-order valence-corrected chi connectivity index (χ2v) is 6.52. The summed E-state index contributed by atoms with van der Waals surface area (Å²) in [7, 11) is 0. The van der Waals surface area contributed by atoms with Crippen molar-refractivity contribution in [3.8, 4) is 0 Å². The molecule has 2 N–H and O–H groups in total. The van der Waals surface area contributed by atoms with Crippen LogP contribution in [0.5, 0.6) is 0 Å². The molecule has 0 aromatic heterocycles. The maximum Gasteiger partial charge on any atom is 0.311 e. The normalized spacial score (nSPS) is 22.8. The van der Waals surface area contributed by atoms with Crippen LogP contribution in [0.3, 0.4) is 0 Å². The van der Waals surface area contributed by atoms with Crippen LogP contribution in [0.25, 0.3) is 0 Å². The van der Waals surface area contributed by atoms with E-state index >= 15 is 0 Å². The fourth-order valence-electron chi connectivity index (χ4n) is 2.29. The monoisotopic (exact) mass is 318 g/mol. The van der Waals surface area contributed by atoms with Crippen LogP contribution < -0.4 is 0 Å². The Morgan fingerprint density at radius 2 is 1.82 bits per heavy atom. The third-order valence-electron chi connectivity index (χ3n) is 4.42. The molecule has 0 atom stereocenters. The van der Waals surface area contributed by atoms with Gasteiger partial charge in [0.2, 0.25) is 0 Å².